The lowest BCUT2D eigenvalue weighted by Crippen LogP contribution is -2.50. The Labute approximate surface area is 110 Å². The van der Waals surface area contributed by atoms with Crippen LogP contribution in [0.3, 0.4) is 0 Å². The van der Waals surface area contributed by atoms with E-state index in [1.807, 2.05) is 7.05 Å². The number of hydrogen-bond acceptors (Lipinski definition) is 3. The molecule has 2 fully saturated rings. The molecule has 2 aliphatic carbocycles. The van der Waals surface area contributed by atoms with Gasteiger partial charge < -0.3 is 10.4 Å². The summed E-state index contributed by atoms with van der Waals surface area (Å²) in [4.78, 5) is 0. The van der Waals surface area contributed by atoms with E-state index in [0.29, 0.717) is 6.61 Å². The highest BCUT2D eigenvalue weighted by Gasteiger charge is 2.34. The molecule has 0 radical (unpaired) electrons. The lowest BCUT2D eigenvalue weighted by atomic mass is 9.82. The zero-order valence-corrected chi connectivity index (χ0v) is 11.9. The maximum Gasteiger partial charge on any atom is 0.0613 e. The molecule has 2 aliphatic rings. The molecule has 0 heterocycles. The van der Waals surface area contributed by atoms with Gasteiger partial charge in [0.25, 0.3) is 0 Å². The summed E-state index contributed by atoms with van der Waals surface area (Å²) < 4.78 is 0. The van der Waals surface area contributed by atoms with Crippen molar-refractivity contribution in [3.05, 3.63) is 0 Å². The molecule has 2 rings (SSSR count). The van der Waals surface area contributed by atoms with Crippen LogP contribution in [-0.2, 0) is 0 Å². The molecule has 0 aromatic heterocycles. The van der Waals surface area contributed by atoms with E-state index >= 15 is 0 Å². The molecule has 0 aromatic rings. The fourth-order valence-electron chi connectivity index (χ4n) is 3.35. The second-order valence-electron chi connectivity index (χ2n) is 5.89. The van der Waals surface area contributed by atoms with E-state index in [1.165, 1.54) is 44.3 Å². The molecule has 0 spiro atoms. The Bertz CT molecular complexity index is 224. The molecular weight excluding hydrogens is 230 g/mol. The van der Waals surface area contributed by atoms with Crippen LogP contribution in [0.25, 0.3) is 0 Å². The highest BCUT2D eigenvalue weighted by Crippen LogP contribution is 2.37. The molecule has 0 aliphatic heterocycles. The quantitative estimate of drug-likeness (QED) is 0.794. The third-order valence-corrected chi connectivity index (χ3v) is 6.21. The number of aliphatic hydroxyl groups excluding tert-OH is 1. The van der Waals surface area contributed by atoms with Crippen LogP contribution in [0, 0.1) is 5.92 Å². The molecular formula is C14H27NOS. The molecule has 2 unspecified atom stereocenters. The van der Waals surface area contributed by atoms with Gasteiger partial charge in [0, 0.05) is 10.8 Å². The lowest BCUT2D eigenvalue weighted by molar-refractivity contribution is 0.131. The van der Waals surface area contributed by atoms with Crippen molar-refractivity contribution in [2.45, 2.75) is 62.2 Å². The van der Waals surface area contributed by atoms with E-state index in [2.05, 4.69) is 17.1 Å². The van der Waals surface area contributed by atoms with Gasteiger partial charge >= 0.3 is 0 Å². The van der Waals surface area contributed by atoms with Crippen LogP contribution in [-0.4, -0.2) is 35.3 Å². The highest BCUT2D eigenvalue weighted by molar-refractivity contribution is 7.99. The van der Waals surface area contributed by atoms with E-state index < -0.39 is 0 Å². The van der Waals surface area contributed by atoms with Crippen LogP contribution in [0.4, 0.5) is 0 Å². The molecule has 3 heteroatoms. The predicted octanol–water partition coefficient (Wildman–Crippen LogP) is 2.80. The van der Waals surface area contributed by atoms with E-state index in [0.717, 1.165) is 24.0 Å². The molecule has 0 amide bonds. The second kappa shape index (κ2) is 6.44. The second-order valence-corrected chi connectivity index (χ2v) is 7.22. The summed E-state index contributed by atoms with van der Waals surface area (Å²) in [6.07, 6.45) is 10.7. The SMILES string of the molecule is CNC1(CO)CCCC(SCC2CCCC2)C1. The summed E-state index contributed by atoms with van der Waals surface area (Å²) in [5.41, 5.74) is 0.0194. The summed E-state index contributed by atoms with van der Waals surface area (Å²) in [6, 6.07) is 0. The summed E-state index contributed by atoms with van der Waals surface area (Å²) in [5.74, 6) is 2.34. The average Bonchev–Trinajstić information content (AvgIpc) is 2.90. The number of likely N-dealkylation sites (N-methyl/N-ethyl adjacent to an activating group) is 1. The Kier molecular flexibility index (Phi) is 5.19. The molecule has 0 saturated heterocycles. The first-order chi connectivity index (χ1) is 8.28. The lowest BCUT2D eigenvalue weighted by Gasteiger charge is -2.39. The van der Waals surface area contributed by atoms with E-state index in [1.54, 1.807) is 0 Å². The predicted molar refractivity (Wildman–Crippen MR) is 75.5 cm³/mol. The van der Waals surface area contributed by atoms with Crippen LogP contribution in [0.2, 0.25) is 0 Å². The minimum atomic E-state index is 0.0194. The molecule has 0 bridgehead atoms. The van der Waals surface area contributed by atoms with Crippen molar-refractivity contribution in [1.29, 1.82) is 0 Å². The van der Waals surface area contributed by atoms with E-state index in [-0.39, 0.29) is 5.54 Å². The third-order valence-electron chi connectivity index (χ3n) is 4.68. The Hall–Kier alpha value is 0.270. The van der Waals surface area contributed by atoms with Crippen molar-refractivity contribution < 1.29 is 5.11 Å². The molecule has 2 N–H and O–H groups in total. The summed E-state index contributed by atoms with van der Waals surface area (Å²) in [6.45, 7) is 0.296. The number of nitrogens with one attached hydrogen (secondary N) is 1. The van der Waals surface area contributed by atoms with Crippen LogP contribution in [0.15, 0.2) is 0 Å². The van der Waals surface area contributed by atoms with Gasteiger partial charge in [-0.05, 0) is 50.8 Å². The summed E-state index contributed by atoms with van der Waals surface area (Å²) in [5, 5.41) is 13.7. The van der Waals surface area contributed by atoms with Gasteiger partial charge in [0.2, 0.25) is 0 Å². The normalized spacial score (nSPS) is 35.3. The molecule has 2 saturated carbocycles. The van der Waals surface area contributed by atoms with Crippen molar-refractivity contribution in [2.24, 2.45) is 5.92 Å². The van der Waals surface area contributed by atoms with Gasteiger partial charge in [0.1, 0.15) is 0 Å². The standard InChI is InChI=1S/C14H27NOS/c1-15-14(11-16)8-4-7-13(9-14)17-10-12-5-2-3-6-12/h12-13,15-16H,2-11H2,1H3. The first-order valence-corrected chi connectivity index (χ1v) is 8.24. The number of hydrogen-bond donors (Lipinski definition) is 2. The molecule has 0 aromatic carbocycles. The molecule has 17 heavy (non-hydrogen) atoms. The van der Waals surface area contributed by atoms with Gasteiger partial charge in [-0.25, -0.2) is 0 Å². The minimum Gasteiger partial charge on any atom is -0.394 e. The maximum absolute atomic E-state index is 9.57. The summed E-state index contributed by atoms with van der Waals surface area (Å²) in [7, 11) is 2.00. The topological polar surface area (TPSA) is 32.3 Å². The fraction of sp³-hybridized carbons (Fsp3) is 1.00. The fourth-order valence-corrected chi connectivity index (χ4v) is 5.00. The van der Waals surface area contributed by atoms with Crippen molar-refractivity contribution in [1.82, 2.24) is 5.32 Å². The zero-order valence-electron chi connectivity index (χ0n) is 11.1. The van der Waals surface area contributed by atoms with Crippen LogP contribution in [0.5, 0.6) is 0 Å². The van der Waals surface area contributed by atoms with Crippen LogP contribution in [0.1, 0.15) is 51.4 Å². The number of thioether (sulfide) groups is 1. The number of rotatable bonds is 5. The molecule has 100 valence electrons. The monoisotopic (exact) mass is 257 g/mol. The molecule has 2 nitrogen and oxygen atoms in total. The van der Waals surface area contributed by atoms with Crippen molar-refractivity contribution in [2.75, 3.05) is 19.4 Å². The maximum atomic E-state index is 9.57. The summed E-state index contributed by atoms with van der Waals surface area (Å²) >= 11 is 2.18. The Balaban J connectivity index is 1.76. The number of aliphatic hydroxyl groups is 1. The first-order valence-electron chi connectivity index (χ1n) is 7.19. The molecule has 2 atom stereocenters. The van der Waals surface area contributed by atoms with Crippen molar-refractivity contribution in [3.63, 3.8) is 0 Å². The van der Waals surface area contributed by atoms with Gasteiger partial charge in [0.15, 0.2) is 0 Å². The zero-order chi connectivity index (χ0) is 12.1. The van der Waals surface area contributed by atoms with Gasteiger partial charge in [-0.2, -0.15) is 11.8 Å². The average molecular weight is 257 g/mol. The highest BCUT2D eigenvalue weighted by atomic mass is 32.2. The van der Waals surface area contributed by atoms with E-state index in [4.69, 9.17) is 0 Å². The van der Waals surface area contributed by atoms with Gasteiger partial charge in [-0.1, -0.05) is 19.3 Å². The largest absolute Gasteiger partial charge is 0.394 e. The van der Waals surface area contributed by atoms with Crippen LogP contribution >= 0.6 is 11.8 Å². The van der Waals surface area contributed by atoms with Crippen molar-refractivity contribution in [3.8, 4) is 0 Å². The first kappa shape index (κ1) is 13.7. The Morgan fingerprint density at radius 1 is 1.24 bits per heavy atom. The third kappa shape index (κ3) is 3.62. The van der Waals surface area contributed by atoms with E-state index in [9.17, 15) is 5.11 Å². The minimum absolute atomic E-state index is 0.0194. The van der Waals surface area contributed by atoms with Gasteiger partial charge in [0.05, 0.1) is 6.61 Å². The van der Waals surface area contributed by atoms with Gasteiger partial charge in [-0.15, -0.1) is 0 Å². The van der Waals surface area contributed by atoms with Gasteiger partial charge in [-0.3, -0.25) is 0 Å². The van der Waals surface area contributed by atoms with Crippen molar-refractivity contribution >= 4 is 11.8 Å². The Morgan fingerprint density at radius 2 is 2.00 bits per heavy atom. The smallest absolute Gasteiger partial charge is 0.0613 e. The Morgan fingerprint density at radius 3 is 2.65 bits per heavy atom. The van der Waals surface area contributed by atoms with Crippen LogP contribution < -0.4 is 5.32 Å².